The highest BCUT2D eigenvalue weighted by Gasteiger charge is 2.21. The first-order valence-corrected chi connectivity index (χ1v) is 11.3. The van der Waals surface area contributed by atoms with E-state index < -0.39 is 28.2 Å². The Morgan fingerprint density at radius 1 is 1.19 bits per heavy atom. The number of hydrogen-bond acceptors (Lipinski definition) is 5. The van der Waals surface area contributed by atoms with Gasteiger partial charge in [-0.1, -0.05) is 6.07 Å². The Morgan fingerprint density at radius 2 is 1.94 bits per heavy atom. The van der Waals surface area contributed by atoms with Gasteiger partial charge in [-0.3, -0.25) is 9.10 Å². The lowest BCUT2D eigenvalue weighted by Crippen LogP contribution is -2.20. The third-order valence-corrected chi connectivity index (χ3v) is 6.66. The molecule has 1 unspecified atom stereocenters. The van der Waals surface area contributed by atoms with Crippen molar-refractivity contribution in [2.24, 2.45) is 0 Å². The monoisotopic (exact) mass is 460 g/mol. The van der Waals surface area contributed by atoms with Crippen LogP contribution < -0.4 is 19.9 Å². The molecule has 0 spiro atoms. The van der Waals surface area contributed by atoms with E-state index >= 15 is 0 Å². The molecule has 168 valence electrons. The van der Waals surface area contributed by atoms with Crippen molar-refractivity contribution in [3.63, 3.8) is 0 Å². The summed E-state index contributed by atoms with van der Waals surface area (Å²) in [6.45, 7) is 2.64. The predicted molar refractivity (Wildman–Crippen MR) is 120 cm³/mol. The van der Waals surface area contributed by atoms with Crippen LogP contribution in [0.4, 0.5) is 26.1 Å². The van der Waals surface area contributed by atoms with E-state index in [1.54, 1.807) is 4.57 Å². The first kappa shape index (κ1) is 21.9. The number of nitrogens with zero attached hydrogens (tertiary/aromatic N) is 3. The standard InChI is InChI=1S/C22H22F2N4O3S/c1-14-4-5-18(28-6-3-7-32(28)30)11-19(14)25-22-26-21(29)20(31-2)13-27(22)12-15-8-16(23)10-17(24)9-15/h4-5,8-11,13H,3,6-7,12H2,1-2H3,(H,25,26,29). The van der Waals surface area contributed by atoms with Crippen molar-refractivity contribution in [2.75, 3.05) is 29.0 Å². The molecule has 1 saturated heterocycles. The molecule has 4 rings (SSSR count). The molecule has 10 heteroatoms. The summed E-state index contributed by atoms with van der Waals surface area (Å²) in [7, 11) is 0.279. The van der Waals surface area contributed by atoms with Gasteiger partial charge >= 0.3 is 5.56 Å². The first-order chi connectivity index (χ1) is 15.3. The fourth-order valence-corrected chi connectivity index (χ4v) is 4.82. The zero-order valence-electron chi connectivity index (χ0n) is 17.6. The van der Waals surface area contributed by atoms with Crippen molar-refractivity contribution in [3.05, 3.63) is 75.7 Å². The topological polar surface area (TPSA) is 76.5 Å². The van der Waals surface area contributed by atoms with Crippen LogP contribution in [0, 0.1) is 18.6 Å². The molecule has 1 fully saturated rings. The van der Waals surface area contributed by atoms with Gasteiger partial charge in [0.1, 0.15) is 22.6 Å². The summed E-state index contributed by atoms with van der Waals surface area (Å²) in [5.74, 6) is -0.579. The molecular weight excluding hydrogens is 438 g/mol. The van der Waals surface area contributed by atoms with E-state index in [0.29, 0.717) is 23.5 Å². The molecule has 0 aliphatic carbocycles. The quantitative estimate of drug-likeness (QED) is 0.609. The number of rotatable bonds is 6. The number of aromatic nitrogens is 2. The molecule has 1 atom stereocenters. The molecule has 1 N–H and O–H groups in total. The van der Waals surface area contributed by atoms with Crippen LogP contribution in [0.25, 0.3) is 0 Å². The molecule has 7 nitrogen and oxygen atoms in total. The predicted octanol–water partition coefficient (Wildman–Crippen LogP) is 3.50. The maximum absolute atomic E-state index is 13.7. The van der Waals surface area contributed by atoms with Gasteiger partial charge in [0.05, 0.1) is 25.5 Å². The molecule has 3 aromatic rings. The molecule has 2 aromatic carbocycles. The van der Waals surface area contributed by atoms with Crippen molar-refractivity contribution in [1.82, 2.24) is 9.55 Å². The molecular formula is C22H22F2N4O3S. The Balaban J connectivity index is 1.72. The van der Waals surface area contributed by atoms with Gasteiger partial charge < -0.3 is 14.6 Å². The van der Waals surface area contributed by atoms with Gasteiger partial charge in [-0.15, -0.1) is 0 Å². The van der Waals surface area contributed by atoms with Crippen LogP contribution in [0.3, 0.4) is 0 Å². The largest absolute Gasteiger partial charge is 0.490 e. The highest BCUT2D eigenvalue weighted by molar-refractivity contribution is 7.86. The molecule has 1 aromatic heterocycles. The molecule has 0 amide bonds. The lowest BCUT2D eigenvalue weighted by molar-refractivity contribution is 0.402. The van der Waals surface area contributed by atoms with E-state index in [1.807, 2.05) is 29.4 Å². The van der Waals surface area contributed by atoms with E-state index in [1.165, 1.54) is 25.4 Å². The van der Waals surface area contributed by atoms with Crippen LogP contribution in [0.5, 0.6) is 5.75 Å². The van der Waals surface area contributed by atoms with E-state index in [-0.39, 0.29) is 18.2 Å². The lowest BCUT2D eigenvalue weighted by Gasteiger charge is -2.20. The molecule has 1 aliphatic heterocycles. The first-order valence-electron chi connectivity index (χ1n) is 9.98. The van der Waals surface area contributed by atoms with E-state index in [0.717, 1.165) is 23.7 Å². The molecule has 0 saturated carbocycles. The maximum Gasteiger partial charge on any atom is 0.316 e. The Labute approximate surface area is 186 Å². The summed E-state index contributed by atoms with van der Waals surface area (Å²) in [5.41, 5.74) is 2.13. The van der Waals surface area contributed by atoms with Crippen LogP contribution in [0.1, 0.15) is 17.5 Å². The molecule has 2 heterocycles. The zero-order valence-corrected chi connectivity index (χ0v) is 18.4. The summed E-state index contributed by atoms with van der Waals surface area (Å²) < 4.78 is 48.1. The Kier molecular flexibility index (Phi) is 6.22. The maximum atomic E-state index is 13.7. The van der Waals surface area contributed by atoms with Crippen molar-refractivity contribution >= 4 is 28.3 Å². The van der Waals surface area contributed by atoms with Crippen LogP contribution in [0.15, 0.2) is 47.4 Å². The van der Waals surface area contributed by atoms with Crippen LogP contribution >= 0.6 is 0 Å². The number of aryl methyl sites for hydroxylation is 1. The number of ether oxygens (including phenoxy) is 1. The van der Waals surface area contributed by atoms with Crippen LogP contribution in [-0.4, -0.2) is 33.2 Å². The van der Waals surface area contributed by atoms with E-state index in [9.17, 15) is 17.8 Å². The number of benzene rings is 2. The van der Waals surface area contributed by atoms with Gasteiger partial charge in [0.2, 0.25) is 11.7 Å². The lowest BCUT2D eigenvalue weighted by atomic mass is 10.1. The van der Waals surface area contributed by atoms with Gasteiger partial charge in [0, 0.05) is 24.1 Å². The molecule has 32 heavy (non-hydrogen) atoms. The normalized spacial score (nSPS) is 15.8. The minimum atomic E-state index is -1.07. The average Bonchev–Trinajstić information content (AvgIpc) is 3.16. The fraction of sp³-hybridized carbons (Fsp3) is 0.273. The molecule has 0 radical (unpaired) electrons. The van der Waals surface area contributed by atoms with Crippen LogP contribution in [-0.2, 0) is 17.5 Å². The summed E-state index contributed by atoms with van der Waals surface area (Å²) in [5, 5.41) is 3.14. The Bertz CT molecular complexity index is 1230. The second-order valence-corrected chi connectivity index (χ2v) is 8.94. The van der Waals surface area contributed by atoms with Gasteiger partial charge in [-0.25, -0.2) is 13.0 Å². The third-order valence-electron chi connectivity index (χ3n) is 5.14. The number of halogens is 2. The minimum absolute atomic E-state index is 0.00496. The highest BCUT2D eigenvalue weighted by atomic mass is 32.2. The van der Waals surface area contributed by atoms with Gasteiger partial charge in [0.15, 0.2) is 0 Å². The average molecular weight is 461 g/mol. The Hall–Kier alpha value is -3.27. The van der Waals surface area contributed by atoms with Crippen molar-refractivity contribution in [1.29, 1.82) is 0 Å². The molecule has 0 bridgehead atoms. The SMILES string of the molecule is COc1cn(Cc2cc(F)cc(F)c2)c(Nc2cc(N3CCCS3=O)ccc2C)nc1=O. The van der Waals surface area contributed by atoms with Gasteiger partial charge in [0.25, 0.3) is 0 Å². The number of hydrogen-bond donors (Lipinski definition) is 1. The van der Waals surface area contributed by atoms with E-state index in [2.05, 4.69) is 10.3 Å². The summed E-state index contributed by atoms with van der Waals surface area (Å²) in [6, 6.07) is 8.86. The van der Waals surface area contributed by atoms with Crippen molar-refractivity contribution in [3.8, 4) is 5.75 Å². The summed E-state index contributed by atoms with van der Waals surface area (Å²) >= 11 is 0. The molecule has 1 aliphatic rings. The second-order valence-electron chi connectivity index (χ2n) is 7.45. The number of methoxy groups -OCH3 is 1. The minimum Gasteiger partial charge on any atom is -0.490 e. The Morgan fingerprint density at radius 3 is 2.59 bits per heavy atom. The zero-order chi connectivity index (χ0) is 22.8. The van der Waals surface area contributed by atoms with Crippen LogP contribution in [0.2, 0.25) is 0 Å². The van der Waals surface area contributed by atoms with Gasteiger partial charge in [-0.05, 0) is 48.7 Å². The summed E-state index contributed by atoms with van der Waals surface area (Å²) in [4.78, 5) is 16.4. The number of anilines is 3. The number of nitrogens with one attached hydrogen (secondary N) is 1. The smallest absolute Gasteiger partial charge is 0.316 e. The van der Waals surface area contributed by atoms with E-state index in [4.69, 9.17) is 4.74 Å². The fourth-order valence-electron chi connectivity index (χ4n) is 3.54. The third kappa shape index (κ3) is 4.64. The summed E-state index contributed by atoms with van der Waals surface area (Å²) in [6.07, 6.45) is 2.29. The highest BCUT2D eigenvalue weighted by Crippen LogP contribution is 2.29. The van der Waals surface area contributed by atoms with Crippen molar-refractivity contribution < 1.29 is 17.7 Å². The van der Waals surface area contributed by atoms with Crippen molar-refractivity contribution in [2.45, 2.75) is 19.9 Å². The second kappa shape index (κ2) is 9.07. The van der Waals surface area contributed by atoms with Gasteiger partial charge in [-0.2, -0.15) is 4.98 Å².